The molecule has 0 saturated carbocycles. The lowest BCUT2D eigenvalue weighted by Crippen LogP contribution is -2.50. The van der Waals surface area contributed by atoms with Crippen LogP contribution in [0.5, 0.6) is 0 Å². The van der Waals surface area contributed by atoms with Gasteiger partial charge in [-0.3, -0.25) is 14.6 Å². The van der Waals surface area contributed by atoms with E-state index >= 15 is 0 Å². The Kier molecular flexibility index (Phi) is 12.0. The fraction of sp³-hybridized carbons (Fsp3) is 0.421. The van der Waals surface area contributed by atoms with Crippen LogP contribution in [0.1, 0.15) is 79.3 Å². The number of fused-ring (bicyclic) bond motifs is 2. The average molecular weight is 619 g/mol. The molecule has 1 aliphatic rings. The van der Waals surface area contributed by atoms with Crippen LogP contribution in [0.4, 0.5) is 5.69 Å². The lowest BCUT2D eigenvalue weighted by molar-refractivity contribution is -0.132. The van der Waals surface area contributed by atoms with Crippen LogP contribution in [0.3, 0.4) is 0 Å². The second kappa shape index (κ2) is 16.7. The number of benzene rings is 3. The van der Waals surface area contributed by atoms with Gasteiger partial charge in [-0.2, -0.15) is 5.26 Å². The lowest BCUT2D eigenvalue weighted by Gasteiger charge is -2.35. The number of carbonyl (C=O) groups is 2. The summed E-state index contributed by atoms with van der Waals surface area (Å²) >= 11 is 0. The first-order valence-electron chi connectivity index (χ1n) is 16.9. The van der Waals surface area contributed by atoms with Crippen LogP contribution in [-0.4, -0.2) is 65.9 Å². The van der Waals surface area contributed by atoms with Crippen LogP contribution in [0.2, 0.25) is 0 Å². The summed E-state index contributed by atoms with van der Waals surface area (Å²) in [6.45, 7) is 3.87. The zero-order chi connectivity index (χ0) is 32.1. The van der Waals surface area contributed by atoms with E-state index in [9.17, 15) is 14.9 Å². The number of nitrogens with one attached hydrogen (secondary N) is 1. The monoisotopic (exact) mass is 618 g/mol. The smallest absolute Gasteiger partial charge is 0.253 e. The molecule has 0 atom stereocenters. The highest BCUT2D eigenvalue weighted by Crippen LogP contribution is 2.24. The van der Waals surface area contributed by atoms with Crippen LogP contribution in [0.25, 0.3) is 21.7 Å². The molecule has 0 radical (unpaired) electrons. The second-order valence-corrected chi connectivity index (χ2v) is 12.3. The van der Waals surface area contributed by atoms with Gasteiger partial charge in [0.05, 0.1) is 17.1 Å². The Morgan fingerprint density at radius 2 is 1.50 bits per heavy atom. The Bertz CT molecular complexity index is 1670. The average Bonchev–Trinajstić information content (AvgIpc) is 3.10. The van der Waals surface area contributed by atoms with E-state index in [-0.39, 0.29) is 11.8 Å². The summed E-state index contributed by atoms with van der Waals surface area (Å²) in [5.41, 5.74) is 9.87. The molecule has 2 amide bonds. The number of nitrogens with zero attached hydrogens (tertiary/aromatic N) is 4. The Morgan fingerprint density at radius 1 is 0.804 bits per heavy atom. The molecule has 0 spiro atoms. The van der Waals surface area contributed by atoms with Crippen molar-refractivity contribution < 1.29 is 9.59 Å². The molecule has 8 nitrogen and oxygen atoms in total. The van der Waals surface area contributed by atoms with Crippen molar-refractivity contribution in [2.45, 2.75) is 64.2 Å². The van der Waals surface area contributed by atoms with E-state index in [1.807, 2.05) is 46.2 Å². The first kappa shape index (κ1) is 32.9. The van der Waals surface area contributed by atoms with Gasteiger partial charge >= 0.3 is 0 Å². The van der Waals surface area contributed by atoms with Gasteiger partial charge in [0, 0.05) is 62.0 Å². The predicted octanol–water partition coefficient (Wildman–Crippen LogP) is 6.67. The predicted molar refractivity (Wildman–Crippen MR) is 186 cm³/mol. The largest absolute Gasteiger partial charge is 0.384 e. The molecule has 3 aromatic carbocycles. The maximum atomic E-state index is 13.3. The van der Waals surface area contributed by atoms with E-state index in [0.717, 1.165) is 66.1 Å². The van der Waals surface area contributed by atoms with Crippen molar-refractivity contribution in [1.29, 1.82) is 5.26 Å². The van der Waals surface area contributed by atoms with E-state index < -0.39 is 0 Å². The quantitative estimate of drug-likeness (QED) is 0.144. The normalized spacial score (nSPS) is 13.2. The highest BCUT2D eigenvalue weighted by Gasteiger charge is 2.24. The van der Waals surface area contributed by atoms with Gasteiger partial charge in [0.1, 0.15) is 0 Å². The minimum Gasteiger partial charge on any atom is -0.384 e. The molecular weight excluding hydrogens is 572 g/mol. The molecule has 1 saturated heterocycles. The third-order valence-corrected chi connectivity index (χ3v) is 9.02. The summed E-state index contributed by atoms with van der Waals surface area (Å²) in [6, 6.07) is 22.0. The Morgan fingerprint density at radius 3 is 2.26 bits per heavy atom. The van der Waals surface area contributed by atoms with Crippen molar-refractivity contribution in [3.8, 4) is 6.07 Å². The van der Waals surface area contributed by atoms with E-state index in [0.29, 0.717) is 43.7 Å². The number of amides is 2. The van der Waals surface area contributed by atoms with Crippen molar-refractivity contribution in [2.24, 2.45) is 5.73 Å². The standard InChI is InChI=1S/C38H46N6O2/c39-18-8-6-4-2-1-3-5-7-9-37(45)43-21-23-44(24-22-43)38(46)33-14-13-31-25-29(10-12-32(31)27-33)16-19-41-36-17-20-42-35-15-11-30(28-40)26-34(35)36/h10-15,17,20,25-27H,1-9,16,18-19,21-24,39H2,(H,41,42). The number of nitriles is 1. The van der Waals surface area contributed by atoms with E-state index in [4.69, 9.17) is 5.73 Å². The SMILES string of the molecule is N#Cc1ccc2nccc(NCCc3ccc4cc(C(=O)N5CCN(C(=O)CCCCCCCCCCN)CC5)ccc4c3)c2c1. The minimum atomic E-state index is 0.0258. The molecule has 46 heavy (non-hydrogen) atoms. The van der Waals surface area contributed by atoms with Gasteiger partial charge in [-0.05, 0) is 78.5 Å². The Balaban J connectivity index is 1.06. The van der Waals surface area contributed by atoms with Gasteiger partial charge in [0.15, 0.2) is 0 Å². The van der Waals surface area contributed by atoms with Crippen molar-refractivity contribution in [3.05, 3.63) is 83.6 Å². The van der Waals surface area contributed by atoms with Crippen molar-refractivity contribution in [3.63, 3.8) is 0 Å². The van der Waals surface area contributed by atoms with Crippen LogP contribution in [-0.2, 0) is 11.2 Å². The van der Waals surface area contributed by atoms with Gasteiger partial charge in [0.2, 0.25) is 5.91 Å². The fourth-order valence-electron chi connectivity index (χ4n) is 6.28. The van der Waals surface area contributed by atoms with Gasteiger partial charge in [-0.1, -0.05) is 62.8 Å². The van der Waals surface area contributed by atoms with Gasteiger partial charge in [-0.15, -0.1) is 0 Å². The summed E-state index contributed by atoms with van der Waals surface area (Å²) < 4.78 is 0. The van der Waals surface area contributed by atoms with Gasteiger partial charge in [-0.25, -0.2) is 0 Å². The summed E-state index contributed by atoms with van der Waals surface area (Å²) in [4.78, 5) is 34.3. The number of aromatic nitrogens is 1. The molecule has 0 bridgehead atoms. The lowest BCUT2D eigenvalue weighted by atomic mass is 10.0. The van der Waals surface area contributed by atoms with Crippen LogP contribution in [0.15, 0.2) is 66.9 Å². The summed E-state index contributed by atoms with van der Waals surface area (Å²) in [6.07, 6.45) is 12.6. The van der Waals surface area contributed by atoms with Crippen molar-refractivity contribution >= 4 is 39.2 Å². The molecular formula is C38H46N6O2. The van der Waals surface area contributed by atoms with E-state index in [2.05, 4.69) is 34.6 Å². The number of carbonyl (C=O) groups excluding carboxylic acids is 2. The third-order valence-electron chi connectivity index (χ3n) is 9.02. The molecule has 0 unspecified atom stereocenters. The Labute approximate surface area is 272 Å². The van der Waals surface area contributed by atoms with Crippen LogP contribution in [0, 0.1) is 11.3 Å². The molecule has 240 valence electrons. The topological polar surface area (TPSA) is 115 Å². The molecule has 0 aliphatic carbocycles. The van der Waals surface area contributed by atoms with Crippen LogP contribution >= 0.6 is 0 Å². The summed E-state index contributed by atoms with van der Waals surface area (Å²) in [7, 11) is 0. The zero-order valence-corrected chi connectivity index (χ0v) is 26.8. The van der Waals surface area contributed by atoms with Crippen molar-refractivity contribution in [2.75, 3.05) is 44.6 Å². The molecule has 8 heteroatoms. The first-order chi connectivity index (χ1) is 22.6. The molecule has 3 N–H and O–H groups in total. The summed E-state index contributed by atoms with van der Waals surface area (Å²) in [5.74, 6) is 0.242. The number of hydrogen-bond donors (Lipinski definition) is 2. The first-order valence-corrected chi connectivity index (χ1v) is 16.9. The van der Waals surface area contributed by atoms with Gasteiger partial charge in [0.25, 0.3) is 5.91 Å². The third kappa shape index (κ3) is 8.82. The second-order valence-electron chi connectivity index (χ2n) is 12.3. The number of rotatable bonds is 15. The molecule has 1 fully saturated rings. The molecule has 1 aliphatic heterocycles. The zero-order valence-electron chi connectivity index (χ0n) is 26.8. The van der Waals surface area contributed by atoms with E-state index in [1.165, 1.54) is 37.7 Å². The van der Waals surface area contributed by atoms with Crippen LogP contribution < -0.4 is 11.1 Å². The highest BCUT2D eigenvalue weighted by molar-refractivity contribution is 5.99. The number of pyridine rings is 1. The Hall–Kier alpha value is -4.48. The maximum absolute atomic E-state index is 13.3. The van der Waals surface area contributed by atoms with Crippen molar-refractivity contribution in [1.82, 2.24) is 14.8 Å². The van der Waals surface area contributed by atoms with E-state index in [1.54, 1.807) is 12.3 Å². The fourth-order valence-corrected chi connectivity index (χ4v) is 6.28. The molecule has 2 heterocycles. The number of piperazine rings is 1. The number of anilines is 1. The number of hydrogen-bond acceptors (Lipinski definition) is 6. The molecule has 4 aromatic rings. The maximum Gasteiger partial charge on any atom is 0.253 e. The molecule has 5 rings (SSSR count). The number of nitrogens with two attached hydrogens (primary N) is 1. The number of unbranched alkanes of at least 4 members (excludes halogenated alkanes) is 7. The molecule has 1 aromatic heterocycles. The van der Waals surface area contributed by atoms with Gasteiger partial charge < -0.3 is 20.9 Å². The minimum absolute atomic E-state index is 0.0258. The summed E-state index contributed by atoms with van der Waals surface area (Å²) in [5, 5.41) is 15.9. The highest BCUT2D eigenvalue weighted by atomic mass is 16.2.